The third kappa shape index (κ3) is 2.57. The molecule has 0 bridgehead atoms. The zero-order chi connectivity index (χ0) is 15.4. The number of rotatable bonds is 2. The van der Waals surface area contributed by atoms with Crippen LogP contribution in [0.3, 0.4) is 0 Å². The van der Waals surface area contributed by atoms with Crippen LogP contribution in [0.5, 0.6) is 0 Å². The maximum atomic E-state index is 12.1. The molecule has 7 nitrogen and oxygen atoms in total. The molecule has 23 heavy (non-hydrogen) atoms. The third-order valence-electron chi connectivity index (χ3n) is 4.45. The van der Waals surface area contributed by atoms with Gasteiger partial charge >= 0.3 is 29.6 Å². The summed E-state index contributed by atoms with van der Waals surface area (Å²) in [6, 6.07) is -0.179. The van der Waals surface area contributed by atoms with Crippen LogP contribution in [0.25, 0.3) is 6.08 Å². The summed E-state index contributed by atoms with van der Waals surface area (Å²) in [4.78, 5) is 31.1. The molecule has 3 aliphatic heterocycles. The number of aromatic nitrogens is 2. The second-order valence-corrected chi connectivity index (χ2v) is 5.92. The first kappa shape index (κ1) is 16.4. The Bertz CT molecular complexity index is 752. The number of carbonyl (C=O) groups is 2. The molecule has 0 saturated carbocycles. The summed E-state index contributed by atoms with van der Waals surface area (Å²) in [7, 11) is 2.05. The van der Waals surface area contributed by atoms with Gasteiger partial charge in [-0.05, 0) is 19.5 Å². The molecule has 1 atom stereocenters. The molecule has 1 saturated heterocycles. The van der Waals surface area contributed by atoms with Crippen molar-refractivity contribution in [3.63, 3.8) is 0 Å². The first-order chi connectivity index (χ1) is 10.5. The predicted molar refractivity (Wildman–Crippen MR) is 74.9 cm³/mol. The summed E-state index contributed by atoms with van der Waals surface area (Å²) < 4.78 is 2.10. The van der Waals surface area contributed by atoms with Crippen molar-refractivity contribution in [3.8, 4) is 0 Å². The van der Waals surface area contributed by atoms with E-state index >= 15 is 0 Å². The number of carboxylic acid groups (broad SMARTS) is 1. The van der Waals surface area contributed by atoms with Crippen molar-refractivity contribution < 1.29 is 44.3 Å². The van der Waals surface area contributed by atoms with E-state index < -0.39 is 5.97 Å². The monoisotopic (exact) mass is 322 g/mol. The Balaban J connectivity index is 0.00000156. The number of aliphatic carboxylic acids is 1. The number of nitrogens with zero attached hydrogens (tertiary/aromatic N) is 4. The maximum absolute atomic E-state index is 12.1. The van der Waals surface area contributed by atoms with E-state index in [2.05, 4.69) is 21.5 Å². The van der Waals surface area contributed by atoms with Crippen molar-refractivity contribution >= 4 is 18.0 Å². The van der Waals surface area contributed by atoms with E-state index in [1.807, 2.05) is 6.20 Å². The molecule has 1 unspecified atom stereocenters. The molecule has 1 aromatic heterocycles. The Morgan fingerprint density at radius 2 is 2.22 bits per heavy atom. The van der Waals surface area contributed by atoms with E-state index in [1.54, 1.807) is 12.2 Å². The van der Waals surface area contributed by atoms with E-state index in [0.29, 0.717) is 12.0 Å². The molecular formula is C15H15N4NaO3. The SMILES string of the molecule is CN1CCn2cc(/C=C3/C(=O)N4C(C(=O)[O-])=CCC34)nc2C1.[Na+]. The minimum absolute atomic E-state index is 0. The van der Waals surface area contributed by atoms with Gasteiger partial charge in [-0.2, -0.15) is 0 Å². The topological polar surface area (TPSA) is 81.5 Å². The van der Waals surface area contributed by atoms with Gasteiger partial charge in [-0.25, -0.2) is 4.98 Å². The summed E-state index contributed by atoms with van der Waals surface area (Å²) in [5.41, 5.74) is 1.37. The van der Waals surface area contributed by atoms with Crippen LogP contribution in [0.4, 0.5) is 0 Å². The zero-order valence-electron chi connectivity index (χ0n) is 13.2. The van der Waals surface area contributed by atoms with E-state index in [-0.39, 0.29) is 47.2 Å². The quantitative estimate of drug-likeness (QED) is 0.315. The Labute approximate surface area is 155 Å². The van der Waals surface area contributed by atoms with Gasteiger partial charge in [0, 0.05) is 24.9 Å². The average molecular weight is 322 g/mol. The molecule has 0 spiro atoms. The third-order valence-corrected chi connectivity index (χ3v) is 4.45. The van der Waals surface area contributed by atoms with E-state index in [0.717, 1.165) is 31.2 Å². The van der Waals surface area contributed by atoms with Crippen LogP contribution in [0, 0.1) is 0 Å². The van der Waals surface area contributed by atoms with Crippen LogP contribution in [-0.4, -0.2) is 50.9 Å². The molecule has 0 aromatic carbocycles. The van der Waals surface area contributed by atoms with Gasteiger partial charge in [0.15, 0.2) is 0 Å². The average Bonchev–Trinajstić information content (AvgIpc) is 3.05. The Morgan fingerprint density at radius 1 is 1.43 bits per heavy atom. The minimum Gasteiger partial charge on any atom is -0.543 e. The molecule has 8 heteroatoms. The fourth-order valence-corrected chi connectivity index (χ4v) is 3.29. The normalized spacial score (nSPS) is 24.7. The van der Waals surface area contributed by atoms with Crippen LogP contribution in [-0.2, 0) is 22.7 Å². The first-order valence-electron chi connectivity index (χ1n) is 7.26. The van der Waals surface area contributed by atoms with Crippen molar-refractivity contribution in [2.24, 2.45) is 0 Å². The molecule has 1 amide bonds. The fraction of sp³-hybridized carbons (Fsp3) is 0.400. The number of fused-ring (bicyclic) bond motifs is 2. The molecular weight excluding hydrogens is 307 g/mol. The van der Waals surface area contributed by atoms with E-state index in [4.69, 9.17) is 0 Å². The van der Waals surface area contributed by atoms with Gasteiger partial charge in [0.25, 0.3) is 5.91 Å². The number of imidazole rings is 1. The van der Waals surface area contributed by atoms with Gasteiger partial charge in [-0.15, -0.1) is 0 Å². The van der Waals surface area contributed by atoms with Crippen LogP contribution in [0.2, 0.25) is 0 Å². The van der Waals surface area contributed by atoms with Crippen LogP contribution < -0.4 is 34.7 Å². The number of hydrogen-bond donors (Lipinski definition) is 0. The number of β-lactam (4-membered cyclic amide) rings is 1. The van der Waals surface area contributed by atoms with Gasteiger partial charge in [0.1, 0.15) is 5.82 Å². The largest absolute Gasteiger partial charge is 1.00 e. The molecule has 0 aliphatic carbocycles. The number of amides is 1. The maximum Gasteiger partial charge on any atom is 1.00 e. The van der Waals surface area contributed by atoms with Crippen molar-refractivity contribution in [1.29, 1.82) is 0 Å². The standard InChI is InChI=1S/C15H16N4O3.Na/c1-17-4-5-18-7-9(16-13(18)8-17)6-10-11-2-3-12(15(21)22)19(11)14(10)20;/h3,6-7,11H,2,4-5,8H2,1H3,(H,21,22);/q;+1/p-1/b10-6+;. The summed E-state index contributed by atoms with van der Waals surface area (Å²) in [6.07, 6.45) is 5.80. The Hall–Kier alpha value is -1.41. The summed E-state index contributed by atoms with van der Waals surface area (Å²) >= 11 is 0. The zero-order valence-corrected chi connectivity index (χ0v) is 15.2. The first-order valence-corrected chi connectivity index (χ1v) is 7.26. The van der Waals surface area contributed by atoms with Gasteiger partial charge < -0.3 is 14.5 Å². The van der Waals surface area contributed by atoms with Crippen molar-refractivity contribution in [2.75, 3.05) is 13.6 Å². The second kappa shape index (κ2) is 5.90. The number of carbonyl (C=O) groups excluding carboxylic acids is 2. The molecule has 1 fully saturated rings. The van der Waals surface area contributed by atoms with Crippen LogP contribution >= 0.6 is 0 Å². The second-order valence-electron chi connectivity index (χ2n) is 5.92. The van der Waals surface area contributed by atoms with Gasteiger partial charge in [0.05, 0.1) is 29.9 Å². The summed E-state index contributed by atoms with van der Waals surface area (Å²) in [5.74, 6) is -0.569. The smallest absolute Gasteiger partial charge is 0.543 e. The summed E-state index contributed by atoms with van der Waals surface area (Å²) in [5, 5.41) is 11.0. The Morgan fingerprint density at radius 3 is 2.96 bits per heavy atom. The molecule has 1 aromatic rings. The fourth-order valence-electron chi connectivity index (χ4n) is 3.29. The number of hydrogen-bond acceptors (Lipinski definition) is 5. The van der Waals surface area contributed by atoms with Gasteiger partial charge in [-0.3, -0.25) is 14.6 Å². The van der Waals surface area contributed by atoms with Crippen molar-refractivity contribution in [2.45, 2.75) is 25.6 Å². The molecule has 0 N–H and O–H groups in total. The number of likely N-dealkylation sites (N-methyl/N-ethyl adjacent to an activating group) is 1. The van der Waals surface area contributed by atoms with Crippen LogP contribution in [0.1, 0.15) is 17.9 Å². The van der Waals surface area contributed by atoms with E-state index in [1.165, 1.54) is 4.90 Å². The minimum atomic E-state index is -1.30. The van der Waals surface area contributed by atoms with Gasteiger partial charge in [0.2, 0.25) is 0 Å². The van der Waals surface area contributed by atoms with E-state index in [9.17, 15) is 14.7 Å². The molecule has 3 aliphatic rings. The molecule has 4 rings (SSSR count). The molecule has 114 valence electrons. The summed E-state index contributed by atoms with van der Waals surface area (Å²) in [6.45, 7) is 2.67. The predicted octanol–water partition coefficient (Wildman–Crippen LogP) is -4.04. The van der Waals surface area contributed by atoms with Crippen molar-refractivity contribution in [3.05, 3.63) is 35.1 Å². The van der Waals surface area contributed by atoms with Gasteiger partial charge in [-0.1, -0.05) is 6.08 Å². The molecule has 4 heterocycles. The molecule has 0 radical (unpaired) electrons. The van der Waals surface area contributed by atoms with Crippen LogP contribution in [0.15, 0.2) is 23.5 Å². The number of carboxylic acids is 1. The Kier molecular flexibility index (Phi) is 4.22. The van der Waals surface area contributed by atoms with Crippen molar-refractivity contribution in [1.82, 2.24) is 19.4 Å².